The summed E-state index contributed by atoms with van der Waals surface area (Å²) in [4.78, 5) is 11.9. The maximum atomic E-state index is 11.9. The highest BCUT2D eigenvalue weighted by Gasteiger charge is 2.04. The van der Waals surface area contributed by atoms with Gasteiger partial charge in [0.15, 0.2) is 0 Å². The van der Waals surface area contributed by atoms with Gasteiger partial charge in [0.2, 0.25) is 5.91 Å². The van der Waals surface area contributed by atoms with Gasteiger partial charge in [0.05, 0.1) is 6.54 Å². The van der Waals surface area contributed by atoms with E-state index in [0.29, 0.717) is 24.6 Å². The number of rotatable bonds is 7. The Kier molecular flexibility index (Phi) is 6.68. The molecule has 0 fully saturated rings. The van der Waals surface area contributed by atoms with E-state index in [4.69, 9.17) is 16.3 Å². The van der Waals surface area contributed by atoms with E-state index in [2.05, 4.69) is 37.4 Å². The van der Waals surface area contributed by atoms with E-state index in [0.717, 1.165) is 17.7 Å². The van der Waals surface area contributed by atoms with Crippen LogP contribution in [0.15, 0.2) is 36.4 Å². The third-order valence-corrected chi connectivity index (χ3v) is 4.46. The van der Waals surface area contributed by atoms with Gasteiger partial charge in [-0.1, -0.05) is 35.9 Å². The van der Waals surface area contributed by atoms with Crippen LogP contribution in [0, 0.1) is 20.8 Å². The highest BCUT2D eigenvalue weighted by atomic mass is 35.5. The van der Waals surface area contributed by atoms with Crippen LogP contribution in [0.4, 0.5) is 0 Å². The molecule has 0 saturated heterocycles. The average molecular weight is 346 g/mol. The molecule has 0 aromatic heterocycles. The molecule has 128 valence electrons. The first-order chi connectivity index (χ1) is 11.5. The Morgan fingerprint density at radius 3 is 2.50 bits per heavy atom. The molecule has 2 rings (SSSR count). The normalized spacial score (nSPS) is 10.5. The topological polar surface area (TPSA) is 38.3 Å². The van der Waals surface area contributed by atoms with Crippen LogP contribution >= 0.6 is 11.6 Å². The van der Waals surface area contributed by atoms with E-state index < -0.39 is 0 Å². The molecule has 0 atom stereocenters. The van der Waals surface area contributed by atoms with Gasteiger partial charge in [0.1, 0.15) is 12.4 Å². The van der Waals surface area contributed by atoms with Crippen LogP contribution in [0.3, 0.4) is 0 Å². The molecule has 0 spiro atoms. The predicted octanol–water partition coefficient (Wildman–Crippen LogP) is 4.39. The Bertz CT molecular complexity index is 713. The molecule has 2 aromatic rings. The molecular weight excluding hydrogens is 322 g/mol. The second kappa shape index (κ2) is 8.74. The molecule has 0 aliphatic rings. The van der Waals surface area contributed by atoms with E-state index in [1.54, 1.807) is 6.07 Å². The maximum Gasteiger partial charge on any atom is 0.220 e. The summed E-state index contributed by atoms with van der Waals surface area (Å²) >= 11 is 6.05. The molecule has 3 nitrogen and oxygen atoms in total. The molecule has 1 N–H and O–H groups in total. The van der Waals surface area contributed by atoms with Crippen molar-refractivity contribution in [2.75, 3.05) is 13.2 Å². The highest BCUT2D eigenvalue weighted by Crippen LogP contribution is 2.21. The van der Waals surface area contributed by atoms with Gasteiger partial charge in [-0.15, -0.1) is 0 Å². The summed E-state index contributed by atoms with van der Waals surface area (Å²) in [6.45, 7) is 7.04. The van der Waals surface area contributed by atoms with Gasteiger partial charge in [-0.2, -0.15) is 0 Å². The van der Waals surface area contributed by atoms with E-state index in [-0.39, 0.29) is 5.91 Å². The molecule has 0 heterocycles. The third kappa shape index (κ3) is 5.57. The van der Waals surface area contributed by atoms with Crippen LogP contribution in [0.1, 0.15) is 28.7 Å². The molecule has 2 aromatic carbocycles. The van der Waals surface area contributed by atoms with Crippen molar-refractivity contribution < 1.29 is 9.53 Å². The summed E-state index contributed by atoms with van der Waals surface area (Å²) in [5.41, 5.74) is 4.75. The lowest BCUT2D eigenvalue weighted by molar-refractivity contribution is -0.121. The van der Waals surface area contributed by atoms with Gasteiger partial charge < -0.3 is 10.1 Å². The van der Waals surface area contributed by atoms with Crippen molar-refractivity contribution in [2.24, 2.45) is 0 Å². The highest BCUT2D eigenvalue weighted by molar-refractivity contribution is 6.31. The second-order valence-electron chi connectivity index (χ2n) is 6.03. The summed E-state index contributed by atoms with van der Waals surface area (Å²) < 4.78 is 5.58. The van der Waals surface area contributed by atoms with Gasteiger partial charge in [0.25, 0.3) is 0 Å². The van der Waals surface area contributed by atoms with Crippen LogP contribution in [0.2, 0.25) is 5.02 Å². The van der Waals surface area contributed by atoms with Crippen molar-refractivity contribution in [3.8, 4) is 5.75 Å². The summed E-state index contributed by atoms with van der Waals surface area (Å²) in [7, 11) is 0. The van der Waals surface area contributed by atoms with Crippen molar-refractivity contribution >= 4 is 17.5 Å². The van der Waals surface area contributed by atoms with Crippen molar-refractivity contribution in [3.05, 3.63) is 63.7 Å². The lowest BCUT2D eigenvalue weighted by Crippen LogP contribution is -2.28. The van der Waals surface area contributed by atoms with E-state index in [1.807, 2.05) is 19.1 Å². The van der Waals surface area contributed by atoms with Crippen LogP contribution in [-0.2, 0) is 11.2 Å². The summed E-state index contributed by atoms with van der Waals surface area (Å²) in [5, 5.41) is 3.56. The Morgan fingerprint density at radius 1 is 1.04 bits per heavy atom. The quantitative estimate of drug-likeness (QED) is 0.756. The van der Waals surface area contributed by atoms with Crippen molar-refractivity contribution in [3.63, 3.8) is 0 Å². The number of aryl methyl sites for hydroxylation is 4. The summed E-state index contributed by atoms with van der Waals surface area (Å²) in [6, 6.07) is 11.9. The van der Waals surface area contributed by atoms with Crippen molar-refractivity contribution in [1.82, 2.24) is 5.32 Å². The summed E-state index contributed by atoms with van der Waals surface area (Å²) in [5.74, 6) is 0.758. The molecule has 0 saturated carbocycles. The lowest BCUT2D eigenvalue weighted by atomic mass is 10.0. The molecule has 0 aliphatic carbocycles. The minimum absolute atomic E-state index is 0.0405. The van der Waals surface area contributed by atoms with E-state index in [9.17, 15) is 4.79 Å². The van der Waals surface area contributed by atoms with Crippen LogP contribution < -0.4 is 10.1 Å². The largest absolute Gasteiger partial charge is 0.492 e. The monoisotopic (exact) mass is 345 g/mol. The number of carbonyl (C=O) groups excluding carboxylic acids is 1. The molecule has 1 amide bonds. The van der Waals surface area contributed by atoms with Gasteiger partial charge in [-0.25, -0.2) is 0 Å². The molecule has 0 radical (unpaired) electrons. The molecule has 0 aliphatic heterocycles. The van der Waals surface area contributed by atoms with Crippen LogP contribution in [-0.4, -0.2) is 19.1 Å². The van der Waals surface area contributed by atoms with E-state index in [1.165, 1.54) is 16.7 Å². The number of carbonyl (C=O) groups is 1. The molecule has 4 heteroatoms. The number of hydrogen-bond acceptors (Lipinski definition) is 2. The SMILES string of the molecule is Cc1ccc(CCC(=O)NCCOc2ccc(C)c(Cl)c2)cc1C. The van der Waals surface area contributed by atoms with Gasteiger partial charge in [-0.3, -0.25) is 4.79 Å². The van der Waals surface area contributed by atoms with E-state index >= 15 is 0 Å². The molecule has 0 unspecified atom stereocenters. The average Bonchev–Trinajstić information content (AvgIpc) is 2.56. The Morgan fingerprint density at radius 2 is 1.79 bits per heavy atom. The number of benzene rings is 2. The zero-order valence-electron chi connectivity index (χ0n) is 14.5. The zero-order valence-corrected chi connectivity index (χ0v) is 15.2. The predicted molar refractivity (Wildman–Crippen MR) is 98.9 cm³/mol. The number of ether oxygens (including phenoxy) is 1. The maximum absolute atomic E-state index is 11.9. The number of halogens is 1. The Labute approximate surface area is 149 Å². The number of nitrogens with one attached hydrogen (secondary N) is 1. The fourth-order valence-electron chi connectivity index (χ4n) is 2.33. The summed E-state index contributed by atoms with van der Waals surface area (Å²) in [6.07, 6.45) is 1.24. The standard InChI is InChI=1S/C20H24ClNO2/c1-14-4-6-17(12-16(14)3)7-9-20(23)22-10-11-24-18-8-5-15(2)19(21)13-18/h4-6,8,12-13H,7,9-11H2,1-3H3,(H,22,23). The molecular formula is C20H24ClNO2. The third-order valence-electron chi connectivity index (χ3n) is 4.05. The first-order valence-electron chi connectivity index (χ1n) is 8.17. The van der Waals surface area contributed by atoms with Crippen LogP contribution in [0.25, 0.3) is 0 Å². The fraction of sp³-hybridized carbons (Fsp3) is 0.350. The first kappa shape index (κ1) is 18.3. The second-order valence-corrected chi connectivity index (χ2v) is 6.44. The van der Waals surface area contributed by atoms with Gasteiger partial charge in [-0.05, 0) is 61.6 Å². The number of hydrogen-bond donors (Lipinski definition) is 1. The van der Waals surface area contributed by atoms with Crippen molar-refractivity contribution in [2.45, 2.75) is 33.6 Å². The van der Waals surface area contributed by atoms with Crippen molar-refractivity contribution in [1.29, 1.82) is 0 Å². The Balaban J connectivity index is 1.67. The van der Waals surface area contributed by atoms with Crippen LogP contribution in [0.5, 0.6) is 5.75 Å². The minimum Gasteiger partial charge on any atom is -0.492 e. The number of amides is 1. The minimum atomic E-state index is 0.0405. The molecule has 0 bridgehead atoms. The first-order valence-corrected chi connectivity index (χ1v) is 8.55. The van der Waals surface area contributed by atoms with Gasteiger partial charge in [0, 0.05) is 11.4 Å². The fourth-order valence-corrected chi connectivity index (χ4v) is 2.50. The van der Waals surface area contributed by atoms with Gasteiger partial charge >= 0.3 is 0 Å². The smallest absolute Gasteiger partial charge is 0.220 e. The lowest BCUT2D eigenvalue weighted by Gasteiger charge is -2.09. The molecule has 24 heavy (non-hydrogen) atoms. The zero-order chi connectivity index (χ0) is 17.5. The Hall–Kier alpha value is -2.00.